The third kappa shape index (κ3) is 7.32. The molecule has 0 aliphatic heterocycles. The Balaban J connectivity index is 1.67. The topological polar surface area (TPSA) is 48.9 Å². The number of rotatable bonds is 10. The normalized spacial score (nSPS) is 14.9. The highest BCUT2D eigenvalue weighted by atomic mass is 16.5. The standard InChI is InChI=1S/C19H32N4O/c1-20-19(21-11-6-12-24-15-16-9-10-16)22-13-17-7-4-5-8-18(17)14-23(2)3/h4-5,7-8,16H,6,9-15H2,1-3H3,(H2,20,21,22). The molecule has 2 rings (SSSR count). The molecule has 1 aromatic rings. The highest BCUT2D eigenvalue weighted by molar-refractivity contribution is 5.79. The molecule has 0 amide bonds. The van der Waals surface area contributed by atoms with Crippen molar-refractivity contribution in [3.05, 3.63) is 35.4 Å². The van der Waals surface area contributed by atoms with Gasteiger partial charge in [-0.1, -0.05) is 24.3 Å². The van der Waals surface area contributed by atoms with Gasteiger partial charge in [-0.2, -0.15) is 0 Å². The summed E-state index contributed by atoms with van der Waals surface area (Å²) >= 11 is 0. The Morgan fingerprint density at radius 3 is 2.62 bits per heavy atom. The lowest BCUT2D eigenvalue weighted by Gasteiger charge is -2.16. The first-order valence-electron chi connectivity index (χ1n) is 8.93. The third-order valence-corrected chi connectivity index (χ3v) is 4.08. The van der Waals surface area contributed by atoms with E-state index in [1.165, 1.54) is 24.0 Å². The Kier molecular flexibility index (Phi) is 8.05. The lowest BCUT2D eigenvalue weighted by molar-refractivity contribution is 0.123. The summed E-state index contributed by atoms with van der Waals surface area (Å²) in [5, 5.41) is 6.75. The van der Waals surface area contributed by atoms with Gasteiger partial charge in [0.25, 0.3) is 0 Å². The molecule has 1 aliphatic carbocycles. The molecule has 134 valence electrons. The van der Waals surface area contributed by atoms with Crippen molar-refractivity contribution in [2.75, 3.05) is 40.9 Å². The maximum Gasteiger partial charge on any atom is 0.191 e. The average Bonchev–Trinajstić information content (AvgIpc) is 3.38. The van der Waals surface area contributed by atoms with Crippen LogP contribution in [0.1, 0.15) is 30.4 Å². The van der Waals surface area contributed by atoms with Crippen LogP contribution in [0.4, 0.5) is 0 Å². The minimum Gasteiger partial charge on any atom is -0.381 e. The van der Waals surface area contributed by atoms with E-state index in [9.17, 15) is 0 Å². The summed E-state index contributed by atoms with van der Waals surface area (Å²) in [6, 6.07) is 8.54. The van der Waals surface area contributed by atoms with Gasteiger partial charge in [0.15, 0.2) is 5.96 Å². The van der Waals surface area contributed by atoms with E-state index in [0.29, 0.717) is 0 Å². The number of nitrogens with one attached hydrogen (secondary N) is 2. The Labute approximate surface area is 146 Å². The molecule has 0 saturated heterocycles. The van der Waals surface area contributed by atoms with Crippen LogP contribution in [0, 0.1) is 5.92 Å². The van der Waals surface area contributed by atoms with E-state index in [1.54, 1.807) is 0 Å². The van der Waals surface area contributed by atoms with E-state index in [4.69, 9.17) is 4.74 Å². The summed E-state index contributed by atoms with van der Waals surface area (Å²) in [4.78, 5) is 6.48. The zero-order valence-electron chi connectivity index (χ0n) is 15.3. The van der Waals surface area contributed by atoms with Gasteiger partial charge in [0.05, 0.1) is 0 Å². The number of ether oxygens (including phenoxy) is 1. The molecule has 24 heavy (non-hydrogen) atoms. The zero-order valence-corrected chi connectivity index (χ0v) is 15.3. The van der Waals surface area contributed by atoms with Gasteiger partial charge in [0.2, 0.25) is 0 Å². The van der Waals surface area contributed by atoms with Crippen molar-refractivity contribution in [3.63, 3.8) is 0 Å². The average molecular weight is 332 g/mol. The van der Waals surface area contributed by atoms with Gasteiger partial charge < -0.3 is 20.3 Å². The van der Waals surface area contributed by atoms with Crippen molar-refractivity contribution in [2.45, 2.75) is 32.4 Å². The Bertz CT molecular complexity index is 512. The molecule has 5 heteroatoms. The molecule has 1 fully saturated rings. The number of benzene rings is 1. The minimum atomic E-state index is 0.780. The highest BCUT2D eigenvalue weighted by Gasteiger charge is 2.20. The number of hydrogen-bond acceptors (Lipinski definition) is 3. The van der Waals surface area contributed by atoms with Crippen LogP contribution in [0.25, 0.3) is 0 Å². The second kappa shape index (κ2) is 10.3. The van der Waals surface area contributed by atoms with Gasteiger partial charge in [-0.25, -0.2) is 0 Å². The fourth-order valence-electron chi connectivity index (χ4n) is 2.54. The fraction of sp³-hybridized carbons (Fsp3) is 0.632. The van der Waals surface area contributed by atoms with E-state index in [2.05, 4.69) is 58.9 Å². The van der Waals surface area contributed by atoms with Gasteiger partial charge in [0.1, 0.15) is 0 Å². The maximum atomic E-state index is 5.65. The van der Waals surface area contributed by atoms with E-state index >= 15 is 0 Å². The van der Waals surface area contributed by atoms with Crippen LogP contribution in [0.5, 0.6) is 0 Å². The smallest absolute Gasteiger partial charge is 0.191 e. The van der Waals surface area contributed by atoms with Crippen molar-refractivity contribution >= 4 is 5.96 Å². The van der Waals surface area contributed by atoms with Crippen molar-refractivity contribution in [1.29, 1.82) is 0 Å². The molecule has 2 N–H and O–H groups in total. The van der Waals surface area contributed by atoms with Gasteiger partial charge in [-0.05, 0) is 50.4 Å². The lowest BCUT2D eigenvalue weighted by Crippen LogP contribution is -2.37. The van der Waals surface area contributed by atoms with E-state index < -0.39 is 0 Å². The first kappa shape index (κ1) is 18.7. The molecular weight excluding hydrogens is 300 g/mol. The largest absolute Gasteiger partial charge is 0.381 e. The zero-order chi connectivity index (χ0) is 17.2. The van der Waals surface area contributed by atoms with Crippen LogP contribution < -0.4 is 10.6 Å². The second-order valence-electron chi connectivity index (χ2n) is 6.73. The first-order chi connectivity index (χ1) is 11.7. The quantitative estimate of drug-likeness (QED) is 0.392. The Morgan fingerprint density at radius 1 is 1.21 bits per heavy atom. The fourth-order valence-corrected chi connectivity index (χ4v) is 2.54. The van der Waals surface area contributed by atoms with Crippen molar-refractivity contribution in [3.8, 4) is 0 Å². The lowest BCUT2D eigenvalue weighted by atomic mass is 10.1. The van der Waals surface area contributed by atoms with Gasteiger partial charge in [-0.15, -0.1) is 0 Å². The summed E-state index contributed by atoms with van der Waals surface area (Å²) in [7, 11) is 6.00. The molecule has 1 aromatic carbocycles. The van der Waals surface area contributed by atoms with Crippen molar-refractivity contribution in [2.24, 2.45) is 10.9 Å². The predicted octanol–water partition coefficient (Wildman–Crippen LogP) is 2.23. The molecule has 0 unspecified atom stereocenters. The van der Waals surface area contributed by atoms with Gasteiger partial charge >= 0.3 is 0 Å². The van der Waals surface area contributed by atoms with Gasteiger partial charge in [0, 0.05) is 39.9 Å². The predicted molar refractivity (Wildman–Crippen MR) is 100 cm³/mol. The van der Waals surface area contributed by atoms with Crippen LogP contribution in [0.3, 0.4) is 0 Å². The molecule has 0 spiro atoms. The van der Waals surface area contributed by atoms with Crippen LogP contribution >= 0.6 is 0 Å². The van der Waals surface area contributed by atoms with Crippen LogP contribution in [0.2, 0.25) is 0 Å². The van der Waals surface area contributed by atoms with Crippen LogP contribution in [-0.4, -0.2) is 51.8 Å². The molecule has 1 saturated carbocycles. The molecular formula is C19H32N4O. The van der Waals surface area contributed by atoms with E-state index in [1.807, 2.05) is 7.05 Å². The van der Waals surface area contributed by atoms with Gasteiger partial charge in [-0.3, -0.25) is 4.99 Å². The van der Waals surface area contributed by atoms with Crippen molar-refractivity contribution in [1.82, 2.24) is 15.5 Å². The Morgan fingerprint density at radius 2 is 1.96 bits per heavy atom. The molecule has 0 atom stereocenters. The number of guanidine groups is 1. The summed E-state index contributed by atoms with van der Waals surface area (Å²) in [5.74, 6) is 1.69. The third-order valence-electron chi connectivity index (χ3n) is 4.08. The molecule has 0 bridgehead atoms. The summed E-state index contributed by atoms with van der Waals surface area (Å²) in [6.07, 6.45) is 3.71. The summed E-state index contributed by atoms with van der Waals surface area (Å²) < 4.78 is 5.65. The highest BCUT2D eigenvalue weighted by Crippen LogP contribution is 2.28. The number of hydrogen-bond donors (Lipinski definition) is 2. The Hall–Kier alpha value is -1.59. The SMILES string of the molecule is CN=C(NCCCOCC1CC1)NCc1ccccc1CN(C)C. The van der Waals surface area contributed by atoms with E-state index in [0.717, 1.165) is 51.1 Å². The number of nitrogens with zero attached hydrogens (tertiary/aromatic N) is 2. The minimum absolute atomic E-state index is 0.780. The molecule has 0 heterocycles. The second-order valence-corrected chi connectivity index (χ2v) is 6.73. The molecule has 5 nitrogen and oxygen atoms in total. The number of aliphatic imine (C=N–C) groups is 1. The summed E-state index contributed by atoms with van der Waals surface area (Å²) in [6.45, 7) is 4.37. The maximum absolute atomic E-state index is 5.65. The van der Waals surface area contributed by atoms with E-state index in [-0.39, 0.29) is 0 Å². The van der Waals surface area contributed by atoms with Crippen LogP contribution in [-0.2, 0) is 17.8 Å². The summed E-state index contributed by atoms with van der Waals surface area (Å²) in [5.41, 5.74) is 2.65. The van der Waals surface area contributed by atoms with Crippen molar-refractivity contribution < 1.29 is 4.74 Å². The molecule has 0 radical (unpaired) electrons. The van der Waals surface area contributed by atoms with Crippen LogP contribution in [0.15, 0.2) is 29.3 Å². The first-order valence-corrected chi connectivity index (χ1v) is 8.93. The monoisotopic (exact) mass is 332 g/mol. The molecule has 0 aromatic heterocycles. The molecule has 1 aliphatic rings.